The highest BCUT2D eigenvalue weighted by atomic mass is 16.2. The van der Waals surface area contributed by atoms with E-state index in [2.05, 4.69) is 24.9 Å². The van der Waals surface area contributed by atoms with Crippen molar-refractivity contribution in [3.05, 3.63) is 44.7 Å². The number of pyridine rings is 1. The highest BCUT2D eigenvalue weighted by Crippen LogP contribution is 2.14. The van der Waals surface area contributed by atoms with Crippen LogP contribution in [0.4, 0.5) is 0 Å². The predicted molar refractivity (Wildman–Crippen MR) is 65.3 cm³/mol. The molecule has 0 saturated heterocycles. The first-order chi connectivity index (χ1) is 9.17. The summed E-state index contributed by atoms with van der Waals surface area (Å²) < 4.78 is 0. The van der Waals surface area contributed by atoms with E-state index in [1.807, 2.05) is 6.07 Å². The largest absolute Gasteiger partial charge is 0.331 e. The maximum absolute atomic E-state index is 11.5. The molecule has 3 N–H and O–H groups in total. The molecule has 3 aromatic heterocycles. The van der Waals surface area contributed by atoms with Gasteiger partial charge in [0.25, 0.3) is 5.56 Å². The molecular formula is C11H6N6O2. The Kier molecular flexibility index (Phi) is 2.25. The van der Waals surface area contributed by atoms with E-state index in [-0.39, 0.29) is 11.2 Å². The van der Waals surface area contributed by atoms with Crippen molar-refractivity contribution in [3.8, 4) is 17.6 Å². The topological polar surface area (TPSA) is 131 Å². The van der Waals surface area contributed by atoms with Crippen LogP contribution in [-0.2, 0) is 0 Å². The lowest BCUT2D eigenvalue weighted by Crippen LogP contribution is -2.21. The number of nitrogens with one attached hydrogen (secondary N) is 3. The lowest BCUT2D eigenvalue weighted by molar-refractivity contribution is 1.07. The molecule has 0 saturated carbocycles. The second-order valence-corrected chi connectivity index (χ2v) is 3.76. The molecular weight excluding hydrogens is 248 g/mol. The summed E-state index contributed by atoms with van der Waals surface area (Å²) in [5.41, 5.74) is 0.0479. The van der Waals surface area contributed by atoms with Gasteiger partial charge in [-0.1, -0.05) is 0 Å². The Bertz CT molecular complexity index is 909. The zero-order valence-electron chi connectivity index (χ0n) is 9.39. The average molecular weight is 254 g/mol. The summed E-state index contributed by atoms with van der Waals surface area (Å²) in [7, 11) is 0. The van der Waals surface area contributed by atoms with Crippen molar-refractivity contribution in [2.75, 3.05) is 0 Å². The molecule has 3 heterocycles. The van der Waals surface area contributed by atoms with E-state index in [0.717, 1.165) is 0 Å². The van der Waals surface area contributed by atoms with Crippen LogP contribution < -0.4 is 11.2 Å². The molecule has 0 fully saturated rings. The summed E-state index contributed by atoms with van der Waals surface area (Å²) in [5.74, 6) is 0.340. The lowest BCUT2D eigenvalue weighted by Gasteiger charge is -1.94. The van der Waals surface area contributed by atoms with Crippen LogP contribution >= 0.6 is 0 Å². The number of fused-ring (bicyclic) bond motifs is 1. The summed E-state index contributed by atoms with van der Waals surface area (Å²) >= 11 is 0. The molecule has 8 nitrogen and oxygen atoms in total. The van der Waals surface area contributed by atoms with Crippen LogP contribution in [0.5, 0.6) is 0 Å². The molecule has 0 unspecified atom stereocenters. The van der Waals surface area contributed by atoms with Gasteiger partial charge in [0.15, 0.2) is 11.5 Å². The SMILES string of the molecule is N#Cc1ccc(-c2nc3[nH]c(=O)[nH]c(=O)c3[nH]2)nc1. The molecule has 92 valence electrons. The monoisotopic (exact) mass is 254 g/mol. The van der Waals surface area contributed by atoms with E-state index in [4.69, 9.17) is 5.26 Å². The predicted octanol–water partition coefficient (Wildman–Crippen LogP) is -0.127. The Hall–Kier alpha value is -3.21. The number of aromatic amines is 3. The molecule has 19 heavy (non-hydrogen) atoms. The molecule has 0 aromatic carbocycles. The van der Waals surface area contributed by atoms with E-state index >= 15 is 0 Å². The fourth-order valence-corrected chi connectivity index (χ4v) is 1.65. The van der Waals surface area contributed by atoms with E-state index in [1.54, 1.807) is 12.1 Å². The van der Waals surface area contributed by atoms with Crippen molar-refractivity contribution in [2.24, 2.45) is 0 Å². The third-order valence-corrected chi connectivity index (χ3v) is 2.53. The first-order valence-corrected chi connectivity index (χ1v) is 5.26. The minimum Gasteiger partial charge on any atom is -0.331 e. The van der Waals surface area contributed by atoms with Crippen LogP contribution in [0, 0.1) is 11.3 Å². The normalized spacial score (nSPS) is 10.5. The maximum atomic E-state index is 11.5. The molecule has 0 radical (unpaired) electrons. The Morgan fingerprint density at radius 3 is 2.68 bits per heavy atom. The van der Waals surface area contributed by atoms with E-state index in [9.17, 15) is 9.59 Å². The van der Waals surface area contributed by atoms with Crippen molar-refractivity contribution in [1.82, 2.24) is 24.9 Å². The number of nitriles is 1. The first-order valence-electron chi connectivity index (χ1n) is 5.26. The summed E-state index contributed by atoms with van der Waals surface area (Å²) in [6, 6.07) is 5.14. The summed E-state index contributed by atoms with van der Waals surface area (Å²) in [6.45, 7) is 0. The number of rotatable bonds is 1. The molecule has 0 atom stereocenters. The third kappa shape index (κ3) is 1.79. The standard InChI is InChI=1S/C11H6N6O2/c12-3-5-1-2-6(13-4-5)8-14-7-9(15-8)16-11(19)17-10(7)18/h1-2,4H,(H3,14,15,16,17,18,19). The van der Waals surface area contributed by atoms with Gasteiger partial charge in [-0.2, -0.15) is 5.26 Å². The second-order valence-electron chi connectivity index (χ2n) is 3.76. The molecule has 8 heteroatoms. The van der Waals surface area contributed by atoms with Gasteiger partial charge in [0.05, 0.1) is 5.56 Å². The van der Waals surface area contributed by atoms with Crippen LogP contribution in [-0.4, -0.2) is 24.9 Å². The van der Waals surface area contributed by atoms with Crippen molar-refractivity contribution in [1.29, 1.82) is 5.26 Å². The van der Waals surface area contributed by atoms with Gasteiger partial charge in [0, 0.05) is 6.20 Å². The van der Waals surface area contributed by atoms with Crippen LogP contribution in [0.3, 0.4) is 0 Å². The van der Waals surface area contributed by atoms with Gasteiger partial charge in [-0.15, -0.1) is 0 Å². The van der Waals surface area contributed by atoms with Gasteiger partial charge in [-0.25, -0.2) is 9.78 Å². The molecule has 0 aliphatic heterocycles. The summed E-state index contributed by atoms with van der Waals surface area (Å²) in [6.07, 6.45) is 1.40. The number of H-pyrrole nitrogens is 3. The van der Waals surface area contributed by atoms with Crippen molar-refractivity contribution < 1.29 is 0 Å². The maximum Gasteiger partial charge on any atom is 0.327 e. The Morgan fingerprint density at radius 2 is 2.00 bits per heavy atom. The van der Waals surface area contributed by atoms with Gasteiger partial charge >= 0.3 is 5.69 Å². The third-order valence-electron chi connectivity index (χ3n) is 2.53. The first kappa shape index (κ1) is 10.9. The second kappa shape index (κ2) is 3.92. The van der Waals surface area contributed by atoms with Crippen LogP contribution in [0.1, 0.15) is 5.56 Å². The van der Waals surface area contributed by atoms with Gasteiger partial charge in [-0.05, 0) is 12.1 Å². The molecule has 3 rings (SSSR count). The summed E-state index contributed by atoms with van der Waals surface area (Å²) in [5, 5.41) is 8.68. The Balaban J connectivity index is 2.20. The van der Waals surface area contributed by atoms with E-state index < -0.39 is 11.2 Å². The number of hydrogen-bond donors (Lipinski definition) is 3. The van der Waals surface area contributed by atoms with E-state index in [1.165, 1.54) is 6.20 Å². The number of nitrogens with zero attached hydrogens (tertiary/aromatic N) is 3. The number of imidazole rings is 1. The van der Waals surface area contributed by atoms with Gasteiger partial charge in [0.2, 0.25) is 0 Å². The molecule has 0 spiro atoms. The minimum atomic E-state index is -0.622. The zero-order valence-corrected chi connectivity index (χ0v) is 9.39. The van der Waals surface area contributed by atoms with Crippen LogP contribution in [0.15, 0.2) is 27.9 Å². The fourth-order valence-electron chi connectivity index (χ4n) is 1.65. The quantitative estimate of drug-likeness (QED) is 0.556. The lowest BCUT2D eigenvalue weighted by atomic mass is 10.2. The average Bonchev–Trinajstić information content (AvgIpc) is 2.83. The Morgan fingerprint density at radius 1 is 1.16 bits per heavy atom. The number of hydrogen-bond acceptors (Lipinski definition) is 5. The van der Waals surface area contributed by atoms with E-state index in [0.29, 0.717) is 17.1 Å². The minimum absolute atomic E-state index is 0.162. The molecule has 0 amide bonds. The van der Waals surface area contributed by atoms with Crippen molar-refractivity contribution in [3.63, 3.8) is 0 Å². The molecule has 3 aromatic rings. The van der Waals surface area contributed by atoms with Gasteiger partial charge in [0.1, 0.15) is 17.3 Å². The molecule has 0 bridgehead atoms. The highest BCUT2D eigenvalue weighted by molar-refractivity contribution is 5.73. The molecule has 0 aliphatic rings. The smallest absolute Gasteiger partial charge is 0.327 e. The fraction of sp³-hybridized carbons (Fsp3) is 0. The van der Waals surface area contributed by atoms with Crippen molar-refractivity contribution in [2.45, 2.75) is 0 Å². The summed E-state index contributed by atoms with van der Waals surface area (Å²) in [4.78, 5) is 38.1. The number of aromatic nitrogens is 5. The van der Waals surface area contributed by atoms with Gasteiger partial charge < -0.3 is 4.98 Å². The molecule has 0 aliphatic carbocycles. The van der Waals surface area contributed by atoms with Crippen LogP contribution in [0.2, 0.25) is 0 Å². The van der Waals surface area contributed by atoms with Gasteiger partial charge in [-0.3, -0.25) is 19.7 Å². The highest BCUT2D eigenvalue weighted by Gasteiger charge is 2.10. The zero-order chi connectivity index (χ0) is 13.4. The Labute approximate surface area is 104 Å². The van der Waals surface area contributed by atoms with Crippen molar-refractivity contribution >= 4 is 11.2 Å². The van der Waals surface area contributed by atoms with Crippen LogP contribution in [0.25, 0.3) is 22.7 Å².